The molecule has 0 radical (unpaired) electrons. The van der Waals surface area contributed by atoms with E-state index >= 15 is 0 Å². The first-order valence-corrected chi connectivity index (χ1v) is 8.50. The number of aromatic carboxylic acids is 1. The zero-order valence-corrected chi connectivity index (χ0v) is 14.6. The summed E-state index contributed by atoms with van der Waals surface area (Å²) in [6.45, 7) is 0.698. The van der Waals surface area contributed by atoms with Crippen LogP contribution in [0.1, 0.15) is 16.8 Å². The predicted molar refractivity (Wildman–Crippen MR) is 82.4 cm³/mol. The smallest absolute Gasteiger partial charge is 0.337 e. The van der Waals surface area contributed by atoms with Gasteiger partial charge in [0.25, 0.3) is 0 Å². The third-order valence-corrected chi connectivity index (χ3v) is 5.86. The maximum absolute atomic E-state index is 12.4. The van der Waals surface area contributed by atoms with E-state index in [0.717, 1.165) is 10.4 Å². The van der Waals surface area contributed by atoms with Crippen molar-refractivity contribution in [3.05, 3.63) is 27.2 Å². The lowest BCUT2D eigenvalue weighted by Gasteiger charge is -2.18. The summed E-state index contributed by atoms with van der Waals surface area (Å²) in [5.74, 6) is -1.29. The molecule has 0 atom stereocenters. The summed E-state index contributed by atoms with van der Waals surface area (Å²) in [6.07, 6.45) is 0.535. The standard InChI is InChI=1S/C12H15BrClNO5S/c1-15(4-3-5-20-2)21(18,19)8-6-9(12(16)17)11(14)10(13)7-8/h6-7H,3-5H2,1-2H3,(H,16,17). The Kier molecular flexibility index (Phi) is 6.61. The van der Waals surface area contributed by atoms with E-state index in [-0.39, 0.29) is 26.5 Å². The lowest BCUT2D eigenvalue weighted by atomic mass is 10.2. The molecule has 1 aromatic carbocycles. The van der Waals surface area contributed by atoms with E-state index in [0.29, 0.717) is 13.0 Å². The number of sulfonamides is 1. The van der Waals surface area contributed by atoms with E-state index in [1.165, 1.54) is 20.2 Å². The molecule has 0 aliphatic rings. The summed E-state index contributed by atoms with van der Waals surface area (Å²) in [4.78, 5) is 11.0. The number of hydrogen-bond acceptors (Lipinski definition) is 4. The minimum absolute atomic E-state index is 0.0384. The van der Waals surface area contributed by atoms with E-state index < -0.39 is 16.0 Å². The molecule has 118 valence electrons. The summed E-state index contributed by atoms with van der Waals surface area (Å²) in [5.41, 5.74) is -0.269. The fourth-order valence-electron chi connectivity index (χ4n) is 1.60. The molecule has 0 saturated carbocycles. The number of nitrogens with zero attached hydrogens (tertiary/aromatic N) is 1. The van der Waals surface area contributed by atoms with Gasteiger partial charge >= 0.3 is 5.97 Å². The first-order chi connectivity index (χ1) is 9.71. The largest absolute Gasteiger partial charge is 0.478 e. The maximum Gasteiger partial charge on any atom is 0.337 e. The summed E-state index contributed by atoms with van der Waals surface area (Å²) < 4.78 is 31.0. The Hall–Kier alpha value is -0.670. The Balaban J connectivity index is 3.17. The van der Waals surface area contributed by atoms with Gasteiger partial charge in [0.15, 0.2) is 0 Å². The second kappa shape index (κ2) is 7.55. The molecular weight excluding hydrogens is 386 g/mol. The van der Waals surface area contributed by atoms with Gasteiger partial charge in [0.1, 0.15) is 0 Å². The van der Waals surface area contributed by atoms with Crippen LogP contribution >= 0.6 is 27.5 Å². The molecule has 0 fully saturated rings. The first kappa shape index (κ1) is 18.4. The van der Waals surface area contributed by atoms with Gasteiger partial charge in [0, 0.05) is 31.8 Å². The molecule has 0 bridgehead atoms. The molecule has 1 rings (SSSR count). The van der Waals surface area contributed by atoms with Gasteiger partial charge in [0.2, 0.25) is 10.0 Å². The summed E-state index contributed by atoms with van der Waals surface area (Å²) in [7, 11) is -0.833. The second-order valence-electron chi connectivity index (χ2n) is 4.24. The van der Waals surface area contributed by atoms with Gasteiger partial charge in [-0.1, -0.05) is 11.6 Å². The van der Waals surface area contributed by atoms with Crippen LogP contribution in [0, 0.1) is 0 Å². The highest BCUT2D eigenvalue weighted by molar-refractivity contribution is 9.10. The molecule has 0 aliphatic heterocycles. The Labute approximate surface area is 136 Å². The number of methoxy groups -OCH3 is 1. The third kappa shape index (κ3) is 4.40. The van der Waals surface area contributed by atoms with Gasteiger partial charge in [-0.2, -0.15) is 0 Å². The lowest BCUT2D eigenvalue weighted by molar-refractivity contribution is 0.0696. The predicted octanol–water partition coefficient (Wildman–Crippen LogP) is 2.46. The van der Waals surface area contributed by atoms with Crippen molar-refractivity contribution < 1.29 is 23.1 Å². The lowest BCUT2D eigenvalue weighted by Crippen LogP contribution is -2.28. The minimum atomic E-state index is -3.79. The topological polar surface area (TPSA) is 83.9 Å². The molecule has 0 aromatic heterocycles. The number of ether oxygens (including phenoxy) is 1. The minimum Gasteiger partial charge on any atom is -0.478 e. The molecular formula is C12H15BrClNO5S. The number of halogens is 2. The summed E-state index contributed by atoms with van der Waals surface area (Å²) in [6, 6.07) is 2.34. The van der Waals surface area contributed by atoms with Crippen LogP contribution in [0.5, 0.6) is 0 Å². The van der Waals surface area contributed by atoms with Crippen molar-refractivity contribution in [1.29, 1.82) is 0 Å². The highest BCUT2D eigenvalue weighted by atomic mass is 79.9. The molecule has 6 nitrogen and oxygen atoms in total. The second-order valence-corrected chi connectivity index (χ2v) is 7.52. The van der Waals surface area contributed by atoms with Crippen molar-refractivity contribution in [2.45, 2.75) is 11.3 Å². The number of hydrogen-bond donors (Lipinski definition) is 1. The average molecular weight is 401 g/mol. The van der Waals surface area contributed by atoms with Gasteiger partial charge < -0.3 is 9.84 Å². The van der Waals surface area contributed by atoms with Crippen molar-refractivity contribution in [2.24, 2.45) is 0 Å². The van der Waals surface area contributed by atoms with Crippen molar-refractivity contribution in [3.8, 4) is 0 Å². The molecule has 1 N–H and O–H groups in total. The first-order valence-electron chi connectivity index (χ1n) is 5.89. The Bertz CT molecular complexity index is 635. The van der Waals surface area contributed by atoms with E-state index in [1.807, 2.05) is 0 Å². The number of carboxylic acid groups (broad SMARTS) is 1. The number of rotatable bonds is 7. The van der Waals surface area contributed by atoms with Crippen molar-refractivity contribution >= 4 is 43.5 Å². The molecule has 21 heavy (non-hydrogen) atoms. The third-order valence-electron chi connectivity index (χ3n) is 2.76. The zero-order chi connectivity index (χ0) is 16.2. The van der Waals surface area contributed by atoms with Crippen molar-refractivity contribution in [1.82, 2.24) is 4.31 Å². The number of carboxylic acids is 1. The van der Waals surface area contributed by atoms with Gasteiger partial charge in [-0.25, -0.2) is 17.5 Å². The fourth-order valence-corrected chi connectivity index (χ4v) is 3.67. The van der Waals surface area contributed by atoms with Crippen LogP contribution < -0.4 is 0 Å². The van der Waals surface area contributed by atoms with Crippen LogP contribution in [0.15, 0.2) is 21.5 Å². The van der Waals surface area contributed by atoms with Gasteiger partial charge in [-0.15, -0.1) is 0 Å². The highest BCUT2D eigenvalue weighted by Crippen LogP contribution is 2.30. The van der Waals surface area contributed by atoms with Crippen LogP contribution in [0.3, 0.4) is 0 Å². The van der Waals surface area contributed by atoms with Crippen LogP contribution in [-0.4, -0.2) is 51.1 Å². The Morgan fingerprint density at radius 1 is 1.48 bits per heavy atom. The Morgan fingerprint density at radius 2 is 2.10 bits per heavy atom. The van der Waals surface area contributed by atoms with Crippen molar-refractivity contribution in [3.63, 3.8) is 0 Å². The van der Waals surface area contributed by atoms with E-state index in [1.54, 1.807) is 0 Å². The average Bonchev–Trinajstić information content (AvgIpc) is 2.41. The number of carbonyl (C=O) groups is 1. The van der Waals surface area contributed by atoms with Crippen LogP contribution in [-0.2, 0) is 14.8 Å². The maximum atomic E-state index is 12.4. The summed E-state index contributed by atoms with van der Waals surface area (Å²) >= 11 is 8.91. The van der Waals surface area contributed by atoms with Crippen LogP contribution in [0.2, 0.25) is 5.02 Å². The van der Waals surface area contributed by atoms with Gasteiger partial charge in [0.05, 0.1) is 15.5 Å². The van der Waals surface area contributed by atoms with Gasteiger partial charge in [-0.05, 0) is 34.5 Å². The molecule has 0 saturated heterocycles. The Morgan fingerprint density at radius 3 is 2.62 bits per heavy atom. The monoisotopic (exact) mass is 399 g/mol. The van der Waals surface area contributed by atoms with Gasteiger partial charge in [-0.3, -0.25) is 0 Å². The molecule has 1 aromatic rings. The van der Waals surface area contributed by atoms with Crippen LogP contribution in [0.4, 0.5) is 0 Å². The molecule has 0 spiro atoms. The SMILES string of the molecule is COCCCN(C)S(=O)(=O)c1cc(Br)c(Cl)c(C(=O)O)c1. The molecule has 0 heterocycles. The van der Waals surface area contributed by atoms with Crippen molar-refractivity contribution in [2.75, 3.05) is 27.3 Å². The molecule has 0 amide bonds. The quantitative estimate of drug-likeness (QED) is 0.711. The molecule has 0 unspecified atom stereocenters. The van der Waals surface area contributed by atoms with E-state index in [9.17, 15) is 13.2 Å². The van der Waals surface area contributed by atoms with Crippen LogP contribution in [0.25, 0.3) is 0 Å². The van der Waals surface area contributed by atoms with E-state index in [4.69, 9.17) is 21.4 Å². The fraction of sp³-hybridized carbons (Fsp3) is 0.417. The number of benzene rings is 1. The van der Waals surface area contributed by atoms with E-state index in [2.05, 4.69) is 15.9 Å². The zero-order valence-electron chi connectivity index (χ0n) is 11.5. The normalized spacial score (nSPS) is 11.9. The highest BCUT2D eigenvalue weighted by Gasteiger charge is 2.24. The molecule has 9 heteroatoms. The summed E-state index contributed by atoms with van der Waals surface area (Å²) in [5, 5.41) is 9.02. The molecule has 0 aliphatic carbocycles.